The molecule has 0 fully saturated rings. The average Bonchev–Trinajstić information content (AvgIpc) is 3.09. The largest absolute Gasteiger partial charge is 0.375 e. The Hall–Kier alpha value is -2.35. The standard InChI is InChI=1S/C12H12N6OS/c13-12-16-8(6-20-12)2-1-3-10-17-11(18-19-10)9-4-5-14-7-15-9/h4-7H,1-3H2,(H2,13,16). The second-order valence-corrected chi connectivity index (χ2v) is 5.03. The first-order valence-electron chi connectivity index (χ1n) is 6.10. The molecule has 3 rings (SSSR count). The van der Waals surface area contributed by atoms with Crippen molar-refractivity contribution in [2.24, 2.45) is 0 Å². The van der Waals surface area contributed by atoms with Gasteiger partial charge in [-0.3, -0.25) is 0 Å². The number of hydrogen-bond acceptors (Lipinski definition) is 8. The molecular weight excluding hydrogens is 276 g/mol. The van der Waals surface area contributed by atoms with Crippen LogP contribution in [0.1, 0.15) is 18.0 Å². The van der Waals surface area contributed by atoms with Gasteiger partial charge < -0.3 is 10.3 Å². The van der Waals surface area contributed by atoms with Crippen molar-refractivity contribution in [1.82, 2.24) is 25.1 Å². The summed E-state index contributed by atoms with van der Waals surface area (Å²) < 4.78 is 5.20. The van der Waals surface area contributed by atoms with E-state index in [0.717, 1.165) is 18.5 Å². The Labute approximate surface area is 118 Å². The van der Waals surface area contributed by atoms with Crippen molar-refractivity contribution in [2.45, 2.75) is 19.3 Å². The maximum atomic E-state index is 5.58. The lowest BCUT2D eigenvalue weighted by molar-refractivity contribution is 0.376. The van der Waals surface area contributed by atoms with Gasteiger partial charge in [-0.2, -0.15) is 4.98 Å². The molecule has 7 nitrogen and oxygen atoms in total. The summed E-state index contributed by atoms with van der Waals surface area (Å²) in [4.78, 5) is 16.4. The molecule has 102 valence electrons. The van der Waals surface area contributed by atoms with E-state index >= 15 is 0 Å². The number of aryl methyl sites for hydroxylation is 2. The van der Waals surface area contributed by atoms with Gasteiger partial charge >= 0.3 is 0 Å². The molecule has 20 heavy (non-hydrogen) atoms. The Kier molecular flexibility index (Phi) is 3.64. The minimum Gasteiger partial charge on any atom is -0.375 e. The van der Waals surface area contributed by atoms with Crippen LogP contribution in [0.15, 0.2) is 28.5 Å². The maximum Gasteiger partial charge on any atom is 0.227 e. The minimum absolute atomic E-state index is 0.486. The Morgan fingerprint density at radius 3 is 2.95 bits per heavy atom. The number of hydrogen-bond donors (Lipinski definition) is 1. The first-order chi connectivity index (χ1) is 9.81. The van der Waals surface area contributed by atoms with Gasteiger partial charge in [-0.05, 0) is 18.9 Å². The van der Waals surface area contributed by atoms with Crippen LogP contribution >= 0.6 is 11.3 Å². The number of aromatic nitrogens is 5. The first-order valence-corrected chi connectivity index (χ1v) is 6.98. The Balaban J connectivity index is 1.58. The van der Waals surface area contributed by atoms with E-state index in [1.807, 2.05) is 5.38 Å². The smallest absolute Gasteiger partial charge is 0.227 e. The molecule has 2 N–H and O–H groups in total. The Morgan fingerprint density at radius 1 is 1.25 bits per heavy atom. The molecule has 0 unspecified atom stereocenters. The highest BCUT2D eigenvalue weighted by atomic mass is 32.1. The summed E-state index contributed by atoms with van der Waals surface area (Å²) in [5, 5.41) is 6.47. The lowest BCUT2D eigenvalue weighted by atomic mass is 10.2. The molecule has 3 aromatic rings. The van der Waals surface area contributed by atoms with Crippen LogP contribution in [0.3, 0.4) is 0 Å². The number of anilines is 1. The van der Waals surface area contributed by atoms with Crippen LogP contribution in [0, 0.1) is 0 Å². The summed E-state index contributed by atoms with van der Waals surface area (Å²) in [5.41, 5.74) is 7.24. The highest BCUT2D eigenvalue weighted by Gasteiger charge is 2.09. The molecule has 0 aromatic carbocycles. The molecule has 0 amide bonds. The SMILES string of the molecule is Nc1nc(CCCc2nc(-c3ccncn3)no2)cs1. The topological polar surface area (TPSA) is 104 Å². The average molecular weight is 288 g/mol. The van der Waals surface area contributed by atoms with E-state index in [1.54, 1.807) is 12.3 Å². The van der Waals surface area contributed by atoms with E-state index in [-0.39, 0.29) is 0 Å². The zero-order valence-electron chi connectivity index (χ0n) is 10.6. The van der Waals surface area contributed by atoms with Gasteiger partial charge in [-0.1, -0.05) is 5.16 Å². The van der Waals surface area contributed by atoms with Gasteiger partial charge in [-0.15, -0.1) is 11.3 Å². The summed E-state index contributed by atoms with van der Waals surface area (Å²) in [6.45, 7) is 0. The lowest BCUT2D eigenvalue weighted by Gasteiger charge is -1.93. The molecule has 3 heterocycles. The molecule has 0 saturated carbocycles. The summed E-state index contributed by atoms with van der Waals surface area (Å²) in [6, 6.07) is 1.74. The molecule has 0 saturated heterocycles. The van der Waals surface area contributed by atoms with E-state index in [1.165, 1.54) is 17.7 Å². The third kappa shape index (κ3) is 2.97. The van der Waals surface area contributed by atoms with E-state index in [9.17, 15) is 0 Å². The van der Waals surface area contributed by atoms with Crippen LogP contribution in [-0.2, 0) is 12.8 Å². The summed E-state index contributed by atoms with van der Waals surface area (Å²) in [7, 11) is 0. The second-order valence-electron chi connectivity index (χ2n) is 4.14. The van der Waals surface area contributed by atoms with Crippen molar-refractivity contribution in [3.05, 3.63) is 35.6 Å². The molecule has 0 aliphatic heterocycles. The number of thiazole rings is 1. The van der Waals surface area contributed by atoms with Crippen LogP contribution in [0.2, 0.25) is 0 Å². The number of nitrogens with zero attached hydrogens (tertiary/aromatic N) is 5. The molecule has 0 radical (unpaired) electrons. The lowest BCUT2D eigenvalue weighted by Crippen LogP contribution is -1.92. The van der Waals surface area contributed by atoms with E-state index < -0.39 is 0 Å². The van der Waals surface area contributed by atoms with Crippen LogP contribution < -0.4 is 5.73 Å². The molecular formula is C12H12N6OS. The van der Waals surface area contributed by atoms with Gasteiger partial charge in [0.2, 0.25) is 11.7 Å². The quantitative estimate of drug-likeness (QED) is 0.762. The fraction of sp³-hybridized carbons (Fsp3) is 0.250. The minimum atomic E-state index is 0.486. The zero-order chi connectivity index (χ0) is 13.8. The van der Waals surface area contributed by atoms with Gasteiger partial charge in [0.05, 0.1) is 5.69 Å². The third-order valence-corrected chi connectivity index (χ3v) is 3.39. The molecule has 0 aliphatic carbocycles. The number of nitrogens with two attached hydrogens (primary N) is 1. The van der Waals surface area contributed by atoms with Crippen molar-refractivity contribution in [3.63, 3.8) is 0 Å². The number of rotatable bonds is 5. The predicted molar refractivity (Wildman–Crippen MR) is 73.9 cm³/mol. The second kappa shape index (κ2) is 5.74. The molecule has 0 aliphatic rings. The molecule has 0 spiro atoms. The fourth-order valence-electron chi connectivity index (χ4n) is 1.74. The maximum absolute atomic E-state index is 5.58. The zero-order valence-corrected chi connectivity index (χ0v) is 11.4. The molecule has 3 aromatic heterocycles. The fourth-order valence-corrected chi connectivity index (χ4v) is 2.34. The predicted octanol–water partition coefficient (Wildman–Crippen LogP) is 1.74. The van der Waals surface area contributed by atoms with Crippen molar-refractivity contribution in [2.75, 3.05) is 5.73 Å². The highest BCUT2D eigenvalue weighted by molar-refractivity contribution is 7.13. The Morgan fingerprint density at radius 2 is 2.20 bits per heavy atom. The third-order valence-electron chi connectivity index (χ3n) is 2.67. The van der Waals surface area contributed by atoms with Crippen LogP contribution in [0.4, 0.5) is 5.13 Å². The summed E-state index contributed by atoms with van der Waals surface area (Å²) in [5.74, 6) is 1.09. The highest BCUT2D eigenvalue weighted by Crippen LogP contribution is 2.15. The van der Waals surface area contributed by atoms with Crippen molar-refractivity contribution >= 4 is 16.5 Å². The normalized spacial score (nSPS) is 10.8. The van der Waals surface area contributed by atoms with Crippen LogP contribution in [-0.4, -0.2) is 25.1 Å². The number of nitrogen functional groups attached to an aromatic ring is 1. The van der Waals surface area contributed by atoms with Crippen LogP contribution in [0.25, 0.3) is 11.5 Å². The van der Waals surface area contributed by atoms with Crippen molar-refractivity contribution < 1.29 is 4.52 Å². The first kappa shape index (κ1) is 12.7. The molecule has 0 atom stereocenters. The van der Waals surface area contributed by atoms with Gasteiger partial charge in [0.15, 0.2) is 5.13 Å². The Bertz CT molecular complexity index is 680. The van der Waals surface area contributed by atoms with Gasteiger partial charge in [0.1, 0.15) is 12.0 Å². The van der Waals surface area contributed by atoms with Crippen molar-refractivity contribution in [3.8, 4) is 11.5 Å². The van der Waals surface area contributed by atoms with Gasteiger partial charge in [-0.25, -0.2) is 15.0 Å². The van der Waals surface area contributed by atoms with Crippen molar-refractivity contribution in [1.29, 1.82) is 0 Å². The molecule has 0 bridgehead atoms. The summed E-state index contributed by atoms with van der Waals surface area (Å²) >= 11 is 1.45. The van der Waals surface area contributed by atoms with E-state index in [0.29, 0.717) is 29.0 Å². The van der Waals surface area contributed by atoms with Gasteiger partial charge in [0.25, 0.3) is 0 Å². The van der Waals surface area contributed by atoms with Gasteiger partial charge in [0, 0.05) is 18.0 Å². The van der Waals surface area contributed by atoms with Crippen LogP contribution in [0.5, 0.6) is 0 Å². The monoisotopic (exact) mass is 288 g/mol. The summed E-state index contributed by atoms with van der Waals surface area (Å²) in [6.07, 6.45) is 5.53. The van der Waals surface area contributed by atoms with E-state index in [4.69, 9.17) is 10.3 Å². The van der Waals surface area contributed by atoms with E-state index in [2.05, 4.69) is 25.1 Å². The molecule has 8 heteroatoms.